The molecule has 156 valence electrons. The first-order valence-electron chi connectivity index (χ1n) is 10.0. The molecule has 2 N–H and O–H groups in total. The number of ether oxygens (including phenoxy) is 1. The highest BCUT2D eigenvalue weighted by molar-refractivity contribution is 9.10. The Kier molecular flexibility index (Phi) is 5.29. The summed E-state index contributed by atoms with van der Waals surface area (Å²) in [6.45, 7) is 4.95. The Hall–Kier alpha value is -1.77. The molecular formula is C21H26BrN3O4. The van der Waals surface area contributed by atoms with Crippen molar-refractivity contribution in [2.75, 3.05) is 25.6 Å². The van der Waals surface area contributed by atoms with Crippen molar-refractivity contribution in [3.8, 4) is 0 Å². The third-order valence-corrected chi connectivity index (χ3v) is 6.72. The molecular weight excluding hydrogens is 438 g/mol. The number of fused-ring (bicyclic) bond motifs is 4. The van der Waals surface area contributed by atoms with Gasteiger partial charge in [-0.05, 0) is 37.0 Å². The summed E-state index contributed by atoms with van der Waals surface area (Å²) in [4.78, 5) is 41.4. The molecule has 8 heteroatoms. The first-order chi connectivity index (χ1) is 13.8. The number of halogens is 1. The number of likely N-dealkylation sites (tertiary alicyclic amines) is 1. The van der Waals surface area contributed by atoms with E-state index in [0.717, 1.165) is 10.0 Å². The van der Waals surface area contributed by atoms with Crippen molar-refractivity contribution in [1.82, 2.24) is 10.2 Å². The van der Waals surface area contributed by atoms with E-state index in [1.807, 2.05) is 18.2 Å². The van der Waals surface area contributed by atoms with E-state index in [2.05, 4.69) is 40.4 Å². The number of imide groups is 1. The maximum Gasteiger partial charge on any atom is 0.250 e. The fourth-order valence-corrected chi connectivity index (χ4v) is 5.49. The van der Waals surface area contributed by atoms with Crippen LogP contribution in [0, 0.1) is 17.8 Å². The van der Waals surface area contributed by atoms with Crippen molar-refractivity contribution in [3.63, 3.8) is 0 Å². The summed E-state index contributed by atoms with van der Waals surface area (Å²) >= 11 is 3.48. The number of benzene rings is 1. The van der Waals surface area contributed by atoms with E-state index in [-0.39, 0.29) is 23.8 Å². The van der Waals surface area contributed by atoms with Crippen molar-refractivity contribution in [1.29, 1.82) is 0 Å². The standard InChI is InChI=1S/C21H26BrN3O4/c1-11(2)9-15-16-17(19(27)25(18(16)26)7-4-8-29-3)21(24-15)13-10-12(22)5-6-14(13)23-20(21)28/h5-6,10-11,15-17,24H,4,7-9H2,1-3H3,(H,23,28). The molecule has 4 unspecified atom stereocenters. The van der Waals surface area contributed by atoms with Crippen LogP contribution in [0.4, 0.5) is 5.69 Å². The van der Waals surface area contributed by atoms with Crippen LogP contribution in [0.1, 0.15) is 32.3 Å². The molecule has 7 nitrogen and oxygen atoms in total. The van der Waals surface area contributed by atoms with Crippen molar-refractivity contribution in [2.24, 2.45) is 17.8 Å². The van der Waals surface area contributed by atoms with Gasteiger partial charge in [0.2, 0.25) is 17.7 Å². The SMILES string of the molecule is COCCCN1C(=O)C2C(CC(C)C)NC3(C(=O)Nc4ccc(Br)cc43)C2C1=O. The summed E-state index contributed by atoms with van der Waals surface area (Å²) in [5, 5.41) is 6.38. The van der Waals surface area contributed by atoms with Gasteiger partial charge >= 0.3 is 0 Å². The summed E-state index contributed by atoms with van der Waals surface area (Å²) in [5.74, 6) is -1.66. The molecule has 3 aliphatic rings. The van der Waals surface area contributed by atoms with Crippen LogP contribution in [-0.2, 0) is 24.7 Å². The maximum atomic E-state index is 13.5. The number of methoxy groups -OCH3 is 1. The molecule has 1 spiro atoms. The van der Waals surface area contributed by atoms with Gasteiger partial charge in [0.1, 0.15) is 5.54 Å². The lowest BCUT2D eigenvalue weighted by Gasteiger charge is -2.30. The molecule has 0 aliphatic carbocycles. The monoisotopic (exact) mass is 463 g/mol. The minimum absolute atomic E-state index is 0.178. The lowest BCUT2D eigenvalue weighted by molar-refractivity contribution is -0.143. The Labute approximate surface area is 178 Å². The molecule has 4 atom stereocenters. The van der Waals surface area contributed by atoms with Gasteiger partial charge in [0.25, 0.3) is 0 Å². The predicted molar refractivity (Wildman–Crippen MR) is 111 cm³/mol. The van der Waals surface area contributed by atoms with E-state index in [4.69, 9.17) is 4.74 Å². The molecule has 0 saturated carbocycles. The molecule has 4 rings (SSSR count). The molecule has 2 saturated heterocycles. The average Bonchev–Trinajstić information content (AvgIpc) is 3.22. The van der Waals surface area contributed by atoms with E-state index in [1.54, 1.807) is 7.11 Å². The molecule has 0 bridgehead atoms. The number of amides is 3. The lowest BCUT2D eigenvalue weighted by atomic mass is 9.76. The zero-order valence-electron chi connectivity index (χ0n) is 16.8. The number of carbonyl (C=O) groups excluding carboxylic acids is 3. The van der Waals surface area contributed by atoms with Crippen molar-refractivity contribution < 1.29 is 19.1 Å². The summed E-state index contributed by atoms with van der Waals surface area (Å²) in [7, 11) is 1.59. The minimum atomic E-state index is -1.22. The van der Waals surface area contributed by atoms with Gasteiger partial charge in [-0.15, -0.1) is 0 Å². The van der Waals surface area contributed by atoms with Crippen LogP contribution in [0.3, 0.4) is 0 Å². The van der Waals surface area contributed by atoms with Crippen LogP contribution < -0.4 is 10.6 Å². The average molecular weight is 464 g/mol. The highest BCUT2D eigenvalue weighted by Gasteiger charge is 2.70. The van der Waals surface area contributed by atoms with Crippen molar-refractivity contribution >= 4 is 39.3 Å². The van der Waals surface area contributed by atoms with Crippen LogP contribution in [0.15, 0.2) is 22.7 Å². The first-order valence-corrected chi connectivity index (χ1v) is 10.8. The minimum Gasteiger partial charge on any atom is -0.385 e. The van der Waals surface area contributed by atoms with Crippen molar-refractivity contribution in [3.05, 3.63) is 28.2 Å². The number of rotatable bonds is 6. The Morgan fingerprint density at radius 2 is 2.00 bits per heavy atom. The third kappa shape index (κ3) is 3.04. The fraction of sp³-hybridized carbons (Fsp3) is 0.571. The summed E-state index contributed by atoms with van der Waals surface area (Å²) < 4.78 is 5.90. The van der Waals surface area contributed by atoms with Gasteiger partial charge in [-0.3, -0.25) is 24.6 Å². The van der Waals surface area contributed by atoms with E-state index in [9.17, 15) is 14.4 Å². The highest BCUT2D eigenvalue weighted by atomic mass is 79.9. The number of nitrogens with one attached hydrogen (secondary N) is 2. The first kappa shape index (κ1) is 20.5. The topological polar surface area (TPSA) is 87.7 Å². The number of hydrogen-bond donors (Lipinski definition) is 2. The molecule has 0 radical (unpaired) electrons. The smallest absolute Gasteiger partial charge is 0.250 e. The normalized spacial score (nSPS) is 30.4. The fourth-order valence-electron chi connectivity index (χ4n) is 5.13. The second kappa shape index (κ2) is 7.49. The van der Waals surface area contributed by atoms with Gasteiger partial charge in [-0.2, -0.15) is 0 Å². The van der Waals surface area contributed by atoms with Gasteiger partial charge in [0.15, 0.2) is 0 Å². The number of hydrogen-bond acceptors (Lipinski definition) is 5. The van der Waals surface area contributed by atoms with Crippen LogP contribution in [0.5, 0.6) is 0 Å². The Morgan fingerprint density at radius 1 is 1.24 bits per heavy atom. The highest BCUT2D eigenvalue weighted by Crippen LogP contribution is 2.54. The van der Waals surface area contributed by atoms with E-state index in [0.29, 0.717) is 37.6 Å². The van der Waals surface area contributed by atoms with Crippen LogP contribution >= 0.6 is 15.9 Å². The van der Waals surface area contributed by atoms with Gasteiger partial charge in [-0.1, -0.05) is 29.8 Å². The third-order valence-electron chi connectivity index (χ3n) is 6.22. The predicted octanol–water partition coefficient (Wildman–Crippen LogP) is 2.25. The number of carbonyl (C=O) groups is 3. The molecule has 0 aromatic heterocycles. The quantitative estimate of drug-likeness (QED) is 0.498. The Morgan fingerprint density at radius 3 is 2.69 bits per heavy atom. The molecule has 3 amide bonds. The van der Waals surface area contributed by atoms with Crippen LogP contribution in [0.2, 0.25) is 0 Å². The largest absolute Gasteiger partial charge is 0.385 e. The Bertz CT molecular complexity index is 873. The molecule has 2 fully saturated rings. The van der Waals surface area contributed by atoms with Gasteiger partial charge in [-0.25, -0.2) is 0 Å². The molecule has 29 heavy (non-hydrogen) atoms. The van der Waals surface area contributed by atoms with Gasteiger partial charge in [0.05, 0.1) is 11.8 Å². The molecule has 3 aliphatic heterocycles. The molecule has 1 aromatic rings. The van der Waals surface area contributed by atoms with E-state index in [1.165, 1.54) is 4.90 Å². The van der Waals surface area contributed by atoms with Gasteiger partial charge in [0, 0.05) is 42.0 Å². The van der Waals surface area contributed by atoms with Crippen LogP contribution in [-0.4, -0.2) is 48.9 Å². The zero-order chi connectivity index (χ0) is 20.9. The van der Waals surface area contributed by atoms with E-state index >= 15 is 0 Å². The van der Waals surface area contributed by atoms with Crippen molar-refractivity contribution in [2.45, 2.75) is 38.3 Å². The molecule has 1 aromatic carbocycles. The van der Waals surface area contributed by atoms with E-state index < -0.39 is 17.4 Å². The summed E-state index contributed by atoms with van der Waals surface area (Å²) in [6, 6.07) is 5.32. The van der Waals surface area contributed by atoms with Gasteiger partial charge < -0.3 is 10.1 Å². The number of anilines is 1. The van der Waals surface area contributed by atoms with Crippen LogP contribution in [0.25, 0.3) is 0 Å². The molecule has 3 heterocycles. The second-order valence-electron chi connectivity index (χ2n) is 8.51. The number of nitrogens with zero attached hydrogens (tertiary/aromatic N) is 1. The Balaban J connectivity index is 1.79. The maximum absolute atomic E-state index is 13.5. The zero-order valence-corrected chi connectivity index (χ0v) is 18.4. The second-order valence-corrected chi connectivity index (χ2v) is 9.43. The lowest BCUT2D eigenvalue weighted by Crippen LogP contribution is -2.53. The summed E-state index contributed by atoms with van der Waals surface area (Å²) in [6.07, 6.45) is 1.29. The summed E-state index contributed by atoms with van der Waals surface area (Å²) in [5.41, 5.74) is 0.206.